The summed E-state index contributed by atoms with van der Waals surface area (Å²) in [4.78, 5) is 49.8. The summed E-state index contributed by atoms with van der Waals surface area (Å²) in [6, 6.07) is 7.51. The van der Waals surface area contributed by atoms with E-state index in [9.17, 15) is 19.2 Å². The number of carbonyl (C=O) groups is 4. The van der Waals surface area contributed by atoms with Gasteiger partial charge < -0.3 is 11.1 Å². The van der Waals surface area contributed by atoms with Crippen LogP contribution in [0.1, 0.15) is 63.4 Å². The molecular weight excluding hydrogens is 416 g/mol. The van der Waals surface area contributed by atoms with E-state index < -0.39 is 11.8 Å². The Morgan fingerprint density at radius 3 is 2.30 bits per heavy atom. The minimum absolute atomic E-state index is 0.148. The molecule has 0 spiro atoms. The Kier molecular flexibility index (Phi) is 9.47. The number of Topliss-reactive ketones (excluding diaryl/α,β-unsaturated/α-hetero) is 3. The summed E-state index contributed by atoms with van der Waals surface area (Å²) < 4.78 is 0. The van der Waals surface area contributed by atoms with Crippen molar-refractivity contribution < 1.29 is 19.2 Å². The summed E-state index contributed by atoms with van der Waals surface area (Å²) >= 11 is 0. The van der Waals surface area contributed by atoms with Crippen LogP contribution in [0.25, 0.3) is 0 Å². The fourth-order valence-electron chi connectivity index (χ4n) is 3.89. The molecule has 0 saturated heterocycles. The van der Waals surface area contributed by atoms with Crippen LogP contribution < -0.4 is 11.1 Å². The number of hydrogen-bond donors (Lipinski definition) is 2. The summed E-state index contributed by atoms with van der Waals surface area (Å²) in [7, 11) is 0. The lowest BCUT2D eigenvalue weighted by atomic mass is 9.76. The molecule has 2 atom stereocenters. The van der Waals surface area contributed by atoms with E-state index in [1.807, 2.05) is 18.2 Å². The lowest BCUT2D eigenvalue weighted by molar-refractivity contribution is -0.133. The molecule has 0 saturated carbocycles. The second-order valence-electron chi connectivity index (χ2n) is 9.40. The third-order valence-corrected chi connectivity index (χ3v) is 5.98. The maximum absolute atomic E-state index is 13.1. The lowest BCUT2D eigenvalue weighted by Crippen LogP contribution is -2.37. The van der Waals surface area contributed by atoms with Gasteiger partial charge in [0.15, 0.2) is 17.3 Å². The van der Waals surface area contributed by atoms with Gasteiger partial charge in [-0.15, -0.1) is 0 Å². The first-order valence-electron chi connectivity index (χ1n) is 11.7. The van der Waals surface area contributed by atoms with Crippen molar-refractivity contribution in [1.29, 1.82) is 0 Å². The number of ketones is 3. The van der Waals surface area contributed by atoms with E-state index in [0.29, 0.717) is 29.7 Å². The fraction of sp³-hybridized carbons (Fsp3) is 0.481. The molecule has 0 radical (unpaired) electrons. The van der Waals surface area contributed by atoms with E-state index in [-0.39, 0.29) is 35.2 Å². The first-order chi connectivity index (χ1) is 15.5. The largest absolute Gasteiger partial charge is 0.366 e. The van der Waals surface area contributed by atoms with Crippen molar-refractivity contribution in [2.45, 2.75) is 59.9 Å². The molecule has 0 heterocycles. The molecule has 0 bridgehead atoms. The summed E-state index contributed by atoms with van der Waals surface area (Å²) in [5.74, 6) is -2.63. The average Bonchev–Trinajstić information content (AvgIpc) is 2.77. The van der Waals surface area contributed by atoms with E-state index in [1.165, 1.54) is 0 Å². The summed E-state index contributed by atoms with van der Waals surface area (Å²) in [5.41, 5.74) is 7.79. The third kappa shape index (κ3) is 7.06. The Morgan fingerprint density at radius 1 is 1.00 bits per heavy atom. The van der Waals surface area contributed by atoms with Gasteiger partial charge in [0, 0.05) is 29.0 Å². The zero-order valence-electron chi connectivity index (χ0n) is 20.3. The molecule has 1 aromatic rings. The number of nitrogens with one attached hydrogen (secondary N) is 1. The molecule has 178 valence electrons. The Morgan fingerprint density at radius 2 is 1.70 bits per heavy atom. The van der Waals surface area contributed by atoms with Crippen LogP contribution in [0.4, 0.5) is 0 Å². The molecule has 1 amide bonds. The number of carbonyl (C=O) groups excluding carboxylic acids is 4. The first kappa shape index (κ1) is 26.4. The minimum Gasteiger partial charge on any atom is -0.366 e. The highest BCUT2D eigenvalue weighted by atomic mass is 16.2. The van der Waals surface area contributed by atoms with Gasteiger partial charge in [-0.05, 0) is 56.0 Å². The van der Waals surface area contributed by atoms with E-state index >= 15 is 0 Å². The van der Waals surface area contributed by atoms with Crippen molar-refractivity contribution in [2.75, 3.05) is 6.54 Å². The predicted molar refractivity (Wildman–Crippen MR) is 130 cm³/mol. The van der Waals surface area contributed by atoms with Gasteiger partial charge in [0.1, 0.15) is 5.92 Å². The van der Waals surface area contributed by atoms with Crippen LogP contribution >= 0.6 is 0 Å². The average molecular weight is 453 g/mol. The highest BCUT2D eigenvalue weighted by molar-refractivity contribution is 6.20. The smallest absolute Gasteiger partial charge is 0.248 e. The van der Waals surface area contributed by atoms with Crippen LogP contribution in [-0.2, 0) is 20.8 Å². The summed E-state index contributed by atoms with van der Waals surface area (Å²) in [6.07, 6.45) is 5.51. The second-order valence-corrected chi connectivity index (χ2v) is 9.40. The number of allylic oxidation sites excluding steroid dienone is 3. The number of aryl methyl sites for hydroxylation is 1. The Bertz CT molecular complexity index is 972. The van der Waals surface area contributed by atoms with E-state index in [4.69, 9.17) is 5.73 Å². The molecule has 6 heteroatoms. The van der Waals surface area contributed by atoms with Gasteiger partial charge in [-0.3, -0.25) is 19.2 Å². The number of rotatable bonds is 12. The van der Waals surface area contributed by atoms with Crippen LogP contribution in [0.3, 0.4) is 0 Å². The van der Waals surface area contributed by atoms with Gasteiger partial charge in [0.2, 0.25) is 5.91 Å². The number of nitrogens with two attached hydrogens (primary N) is 1. The summed E-state index contributed by atoms with van der Waals surface area (Å²) in [5, 5.41) is 3.42. The number of hydrogen-bond acceptors (Lipinski definition) is 5. The van der Waals surface area contributed by atoms with E-state index in [0.717, 1.165) is 18.4 Å². The lowest BCUT2D eigenvalue weighted by Gasteiger charge is -2.25. The Hall–Kier alpha value is -2.86. The zero-order chi connectivity index (χ0) is 24.7. The van der Waals surface area contributed by atoms with E-state index in [2.05, 4.69) is 12.2 Å². The topological polar surface area (TPSA) is 106 Å². The molecule has 6 nitrogen and oxygen atoms in total. The first-order valence-corrected chi connectivity index (χ1v) is 11.7. The summed E-state index contributed by atoms with van der Waals surface area (Å²) in [6.45, 7) is 9.72. The predicted octanol–water partition coefficient (Wildman–Crippen LogP) is 3.59. The molecule has 3 N–H and O–H groups in total. The quantitative estimate of drug-likeness (QED) is 0.472. The molecular formula is C27H36N2O4. The number of amides is 1. The van der Waals surface area contributed by atoms with Gasteiger partial charge in [-0.25, -0.2) is 0 Å². The third-order valence-electron chi connectivity index (χ3n) is 5.98. The van der Waals surface area contributed by atoms with Crippen LogP contribution in [0.2, 0.25) is 0 Å². The molecule has 0 aromatic heterocycles. The Labute approximate surface area is 196 Å². The van der Waals surface area contributed by atoms with Crippen LogP contribution in [0, 0.1) is 17.8 Å². The maximum Gasteiger partial charge on any atom is 0.248 e. The highest BCUT2D eigenvalue weighted by Crippen LogP contribution is 2.29. The molecule has 2 rings (SSSR count). The fourth-order valence-corrected chi connectivity index (χ4v) is 3.89. The van der Waals surface area contributed by atoms with Crippen molar-refractivity contribution in [2.24, 2.45) is 23.5 Å². The van der Waals surface area contributed by atoms with Crippen LogP contribution in [0.15, 0.2) is 47.6 Å². The van der Waals surface area contributed by atoms with Crippen LogP contribution in [-0.4, -0.2) is 35.8 Å². The molecule has 2 unspecified atom stereocenters. The van der Waals surface area contributed by atoms with E-state index in [1.54, 1.807) is 45.9 Å². The van der Waals surface area contributed by atoms with Crippen molar-refractivity contribution in [3.8, 4) is 0 Å². The minimum atomic E-state index is -0.991. The molecule has 1 aliphatic rings. The maximum atomic E-state index is 13.1. The van der Waals surface area contributed by atoms with Gasteiger partial charge in [-0.2, -0.15) is 0 Å². The molecule has 0 fully saturated rings. The van der Waals surface area contributed by atoms with Crippen molar-refractivity contribution in [3.63, 3.8) is 0 Å². The highest BCUT2D eigenvalue weighted by Gasteiger charge is 2.38. The monoisotopic (exact) mass is 452 g/mol. The number of primary amides is 1. The second kappa shape index (κ2) is 11.8. The molecule has 1 aliphatic carbocycles. The Balaban J connectivity index is 1.97. The SMILES string of the molecule is CC(CCc1cccc(C(N)=O)c1)NCCC1=CC=C(C(=O)C(C)C)C(C(=O)C(C)C)C1=O. The van der Waals surface area contributed by atoms with Gasteiger partial charge >= 0.3 is 0 Å². The van der Waals surface area contributed by atoms with Crippen molar-refractivity contribution in [1.82, 2.24) is 5.32 Å². The number of benzene rings is 1. The van der Waals surface area contributed by atoms with Gasteiger partial charge in [-0.1, -0.05) is 52.0 Å². The zero-order valence-corrected chi connectivity index (χ0v) is 20.3. The standard InChI is InChI=1S/C27H36N2O4/c1-16(2)24(30)22-12-11-20(26(32)23(22)25(31)17(3)4)13-14-29-18(5)9-10-19-7-6-8-21(15-19)27(28)33/h6-8,11-12,15-18,23,29H,9-10,13-14H2,1-5H3,(H2,28,33). The van der Waals surface area contributed by atoms with Gasteiger partial charge in [0.05, 0.1) is 0 Å². The molecule has 0 aliphatic heterocycles. The van der Waals surface area contributed by atoms with Gasteiger partial charge in [0.25, 0.3) is 0 Å². The van der Waals surface area contributed by atoms with Crippen LogP contribution in [0.5, 0.6) is 0 Å². The molecule has 33 heavy (non-hydrogen) atoms. The van der Waals surface area contributed by atoms with Crippen molar-refractivity contribution in [3.05, 3.63) is 58.7 Å². The normalized spacial score (nSPS) is 17.1. The van der Waals surface area contributed by atoms with Crippen molar-refractivity contribution >= 4 is 23.3 Å². The molecule has 1 aromatic carbocycles.